The second-order valence-corrected chi connectivity index (χ2v) is 6.50. The lowest BCUT2D eigenvalue weighted by Crippen LogP contribution is -2.23. The zero-order valence-electron chi connectivity index (χ0n) is 11.3. The van der Waals surface area contributed by atoms with Gasteiger partial charge in [-0.1, -0.05) is 63.4 Å². The van der Waals surface area contributed by atoms with Crippen LogP contribution in [0.4, 0.5) is 0 Å². The van der Waals surface area contributed by atoms with Gasteiger partial charge in [0.05, 0.1) is 0 Å². The molecule has 0 spiro atoms. The van der Waals surface area contributed by atoms with Gasteiger partial charge in [0.25, 0.3) is 0 Å². The number of hydrogen-bond donors (Lipinski definition) is 1. The molecule has 0 aliphatic heterocycles. The van der Waals surface area contributed by atoms with Crippen LogP contribution < -0.4 is 5.32 Å². The summed E-state index contributed by atoms with van der Waals surface area (Å²) in [6, 6.07) is 14.2. The van der Waals surface area contributed by atoms with E-state index in [1.165, 1.54) is 5.56 Å². The summed E-state index contributed by atoms with van der Waals surface area (Å²) in [5.41, 5.74) is 2.28. The molecule has 106 valence electrons. The van der Waals surface area contributed by atoms with Crippen molar-refractivity contribution >= 4 is 39.1 Å². The van der Waals surface area contributed by atoms with Crippen LogP contribution in [-0.2, 0) is 0 Å². The van der Waals surface area contributed by atoms with Gasteiger partial charge in [-0.25, -0.2) is 0 Å². The predicted molar refractivity (Wildman–Crippen MR) is 90.6 cm³/mol. The molecule has 4 heteroatoms. The smallest absolute Gasteiger partial charge is 0.0468 e. The van der Waals surface area contributed by atoms with Crippen LogP contribution in [0, 0.1) is 0 Å². The van der Waals surface area contributed by atoms with Crippen molar-refractivity contribution in [3.8, 4) is 0 Å². The zero-order chi connectivity index (χ0) is 14.7. The Morgan fingerprint density at radius 3 is 2.25 bits per heavy atom. The number of rotatable bonds is 4. The highest BCUT2D eigenvalue weighted by Gasteiger charge is 2.15. The van der Waals surface area contributed by atoms with E-state index in [-0.39, 0.29) is 12.1 Å². The van der Waals surface area contributed by atoms with E-state index in [0.717, 1.165) is 10.0 Å². The molecule has 0 fully saturated rings. The molecular formula is C16H16BrCl2N. The van der Waals surface area contributed by atoms with E-state index in [1.807, 2.05) is 30.3 Å². The van der Waals surface area contributed by atoms with E-state index in [9.17, 15) is 0 Å². The van der Waals surface area contributed by atoms with Gasteiger partial charge in [-0.3, -0.25) is 0 Å². The number of benzene rings is 2. The van der Waals surface area contributed by atoms with E-state index in [4.69, 9.17) is 23.2 Å². The van der Waals surface area contributed by atoms with Crippen LogP contribution in [0.25, 0.3) is 0 Å². The maximum absolute atomic E-state index is 6.25. The molecule has 0 saturated carbocycles. The van der Waals surface area contributed by atoms with Crippen molar-refractivity contribution < 1.29 is 0 Å². The maximum Gasteiger partial charge on any atom is 0.0468 e. The summed E-state index contributed by atoms with van der Waals surface area (Å²) >= 11 is 15.8. The van der Waals surface area contributed by atoms with Gasteiger partial charge in [0.1, 0.15) is 0 Å². The first-order chi connectivity index (χ1) is 9.49. The second kappa shape index (κ2) is 6.95. The normalized spacial score (nSPS) is 14.1. The van der Waals surface area contributed by atoms with E-state index in [2.05, 4.69) is 41.2 Å². The Bertz CT molecular complexity index is 601. The summed E-state index contributed by atoms with van der Waals surface area (Å²) in [5, 5.41) is 4.90. The summed E-state index contributed by atoms with van der Waals surface area (Å²) in [6.07, 6.45) is 0. The Morgan fingerprint density at radius 1 is 0.950 bits per heavy atom. The molecule has 1 nitrogen and oxygen atoms in total. The lowest BCUT2D eigenvalue weighted by Gasteiger charge is -2.22. The van der Waals surface area contributed by atoms with Crippen molar-refractivity contribution in [1.82, 2.24) is 5.32 Å². The minimum Gasteiger partial charge on any atom is -0.304 e. The monoisotopic (exact) mass is 371 g/mol. The highest BCUT2D eigenvalue weighted by molar-refractivity contribution is 9.10. The van der Waals surface area contributed by atoms with Crippen LogP contribution in [0.1, 0.15) is 37.1 Å². The standard InChI is InChI=1S/C16H16BrCl2N/c1-10(13-5-3-4-6-15(13)17)20-11(2)14-8-7-12(18)9-16(14)19/h3-11,20H,1-2H3/t10-,11?/m0/s1. The molecule has 0 aliphatic rings. The third-order valence-corrected chi connectivity index (χ3v) is 4.59. The average Bonchev–Trinajstić information content (AvgIpc) is 2.38. The van der Waals surface area contributed by atoms with Gasteiger partial charge in [0.15, 0.2) is 0 Å². The van der Waals surface area contributed by atoms with Gasteiger partial charge >= 0.3 is 0 Å². The van der Waals surface area contributed by atoms with Gasteiger partial charge in [-0.2, -0.15) is 0 Å². The fourth-order valence-corrected chi connectivity index (χ4v) is 3.43. The number of hydrogen-bond acceptors (Lipinski definition) is 1. The van der Waals surface area contributed by atoms with Crippen LogP contribution >= 0.6 is 39.1 Å². The first kappa shape index (κ1) is 15.8. The minimum absolute atomic E-state index is 0.141. The van der Waals surface area contributed by atoms with E-state index < -0.39 is 0 Å². The largest absolute Gasteiger partial charge is 0.304 e. The second-order valence-electron chi connectivity index (χ2n) is 4.80. The molecule has 1 N–H and O–H groups in total. The first-order valence-corrected chi connectivity index (χ1v) is 7.99. The molecule has 2 aromatic rings. The Labute approximate surface area is 138 Å². The molecular weight excluding hydrogens is 357 g/mol. The Balaban J connectivity index is 2.15. The fourth-order valence-electron chi connectivity index (χ4n) is 2.23. The minimum atomic E-state index is 0.141. The molecule has 0 amide bonds. The van der Waals surface area contributed by atoms with Gasteiger partial charge in [0.2, 0.25) is 0 Å². The number of nitrogens with one attached hydrogen (secondary N) is 1. The Kier molecular flexibility index (Phi) is 5.50. The van der Waals surface area contributed by atoms with Crippen LogP contribution in [0.5, 0.6) is 0 Å². The summed E-state index contributed by atoms with van der Waals surface area (Å²) < 4.78 is 1.11. The third-order valence-electron chi connectivity index (χ3n) is 3.30. The molecule has 2 aromatic carbocycles. The van der Waals surface area contributed by atoms with Crippen molar-refractivity contribution in [3.63, 3.8) is 0 Å². The van der Waals surface area contributed by atoms with Crippen LogP contribution in [0.3, 0.4) is 0 Å². The Hall–Kier alpha value is -0.540. The zero-order valence-corrected chi connectivity index (χ0v) is 14.4. The summed E-state index contributed by atoms with van der Waals surface area (Å²) in [5.74, 6) is 0. The van der Waals surface area contributed by atoms with E-state index >= 15 is 0 Å². The molecule has 0 aromatic heterocycles. The molecule has 0 saturated heterocycles. The van der Waals surface area contributed by atoms with Crippen molar-refractivity contribution in [2.75, 3.05) is 0 Å². The van der Waals surface area contributed by atoms with E-state index in [1.54, 1.807) is 6.07 Å². The summed E-state index contributed by atoms with van der Waals surface area (Å²) in [7, 11) is 0. The molecule has 0 heterocycles. The van der Waals surface area contributed by atoms with Gasteiger partial charge in [0, 0.05) is 26.6 Å². The fraction of sp³-hybridized carbons (Fsp3) is 0.250. The third kappa shape index (κ3) is 3.76. The maximum atomic E-state index is 6.25. The Morgan fingerprint density at radius 2 is 1.60 bits per heavy atom. The van der Waals surface area contributed by atoms with Crippen molar-refractivity contribution in [1.29, 1.82) is 0 Å². The van der Waals surface area contributed by atoms with Crippen LogP contribution in [0.15, 0.2) is 46.9 Å². The molecule has 2 atom stereocenters. The van der Waals surface area contributed by atoms with Gasteiger partial charge in [-0.15, -0.1) is 0 Å². The lowest BCUT2D eigenvalue weighted by molar-refractivity contribution is 0.493. The van der Waals surface area contributed by atoms with Crippen molar-refractivity contribution in [2.24, 2.45) is 0 Å². The van der Waals surface area contributed by atoms with Crippen LogP contribution in [0.2, 0.25) is 10.0 Å². The first-order valence-electron chi connectivity index (χ1n) is 6.44. The SMILES string of the molecule is CC(N[C@@H](C)c1ccccc1Br)c1ccc(Cl)cc1Cl. The molecule has 0 aliphatic carbocycles. The van der Waals surface area contributed by atoms with Gasteiger partial charge in [-0.05, 0) is 43.2 Å². The quantitative estimate of drug-likeness (QED) is 0.676. The molecule has 1 unspecified atom stereocenters. The summed E-state index contributed by atoms with van der Waals surface area (Å²) in [4.78, 5) is 0. The van der Waals surface area contributed by atoms with E-state index in [0.29, 0.717) is 10.0 Å². The van der Waals surface area contributed by atoms with Gasteiger partial charge < -0.3 is 5.32 Å². The predicted octanol–water partition coefficient (Wildman–Crippen LogP) is 6.17. The van der Waals surface area contributed by atoms with Crippen LogP contribution in [-0.4, -0.2) is 0 Å². The molecule has 0 bridgehead atoms. The lowest BCUT2D eigenvalue weighted by atomic mass is 10.0. The highest BCUT2D eigenvalue weighted by Crippen LogP contribution is 2.29. The van der Waals surface area contributed by atoms with Crippen molar-refractivity contribution in [2.45, 2.75) is 25.9 Å². The molecule has 20 heavy (non-hydrogen) atoms. The van der Waals surface area contributed by atoms with Crippen molar-refractivity contribution in [3.05, 3.63) is 68.1 Å². The average molecular weight is 373 g/mol. The summed E-state index contributed by atoms with van der Waals surface area (Å²) in [6.45, 7) is 4.24. The molecule has 2 rings (SSSR count). The number of halogens is 3. The topological polar surface area (TPSA) is 12.0 Å². The molecule has 0 radical (unpaired) electrons. The highest BCUT2D eigenvalue weighted by atomic mass is 79.9.